The molecule has 0 radical (unpaired) electrons. The van der Waals surface area contributed by atoms with Gasteiger partial charge in [-0.3, -0.25) is 0 Å². The van der Waals surface area contributed by atoms with Crippen molar-refractivity contribution in [3.8, 4) is 0 Å². The maximum Gasteiger partial charge on any atom is 0.326 e. The highest BCUT2D eigenvalue weighted by molar-refractivity contribution is 7.80. The largest absolute Gasteiger partial charge is 0.480 e. The lowest BCUT2D eigenvalue weighted by Crippen LogP contribution is -2.23. The van der Waals surface area contributed by atoms with Crippen molar-refractivity contribution in [1.29, 1.82) is 0 Å². The summed E-state index contributed by atoms with van der Waals surface area (Å²) in [5.74, 6) is -0.874. The van der Waals surface area contributed by atoms with E-state index >= 15 is 0 Å². The quantitative estimate of drug-likeness (QED) is 0.735. The minimum absolute atomic E-state index is 0.217. The molecule has 4 nitrogen and oxygen atoms in total. The van der Waals surface area contributed by atoms with Crippen LogP contribution in [0.15, 0.2) is 18.3 Å². The van der Waals surface area contributed by atoms with Crippen LogP contribution in [0.25, 0.3) is 0 Å². The highest BCUT2D eigenvalue weighted by Crippen LogP contribution is 2.15. The Bertz CT molecular complexity index is 359. The molecular weight excluding hydrogens is 200 g/mol. The van der Waals surface area contributed by atoms with Gasteiger partial charge in [0.15, 0.2) is 0 Å². The van der Waals surface area contributed by atoms with Gasteiger partial charge in [-0.15, -0.1) is 0 Å². The van der Waals surface area contributed by atoms with Gasteiger partial charge in [-0.1, -0.05) is 19.1 Å². The summed E-state index contributed by atoms with van der Waals surface area (Å²) in [5.41, 5.74) is 6.06. The van der Waals surface area contributed by atoms with E-state index in [0.717, 1.165) is 0 Å². The van der Waals surface area contributed by atoms with E-state index in [4.69, 9.17) is 23.1 Å². The van der Waals surface area contributed by atoms with Gasteiger partial charge in [-0.05, 0) is 18.6 Å². The minimum atomic E-state index is -0.874. The SMILES string of the molecule is CCC(C(=O)O)n1cccc1C(N)=S. The van der Waals surface area contributed by atoms with Crippen LogP contribution in [0.4, 0.5) is 0 Å². The van der Waals surface area contributed by atoms with Crippen molar-refractivity contribution in [2.45, 2.75) is 19.4 Å². The van der Waals surface area contributed by atoms with Crippen molar-refractivity contribution < 1.29 is 9.90 Å². The molecule has 0 aliphatic carbocycles. The standard InChI is InChI=1S/C9H12N2O2S/c1-2-6(9(12)13)11-5-3-4-7(11)8(10)14/h3-6H,2H2,1H3,(H2,10,14)(H,12,13). The smallest absolute Gasteiger partial charge is 0.326 e. The molecule has 3 N–H and O–H groups in total. The van der Waals surface area contributed by atoms with Crippen molar-refractivity contribution in [2.24, 2.45) is 5.73 Å². The summed E-state index contributed by atoms with van der Waals surface area (Å²) in [7, 11) is 0. The first-order chi connectivity index (χ1) is 6.57. The molecule has 0 bridgehead atoms. The van der Waals surface area contributed by atoms with Gasteiger partial charge in [0.1, 0.15) is 11.0 Å². The van der Waals surface area contributed by atoms with Gasteiger partial charge in [0.25, 0.3) is 0 Å². The van der Waals surface area contributed by atoms with Crippen molar-refractivity contribution in [3.05, 3.63) is 24.0 Å². The predicted molar refractivity (Wildman–Crippen MR) is 57.3 cm³/mol. The molecule has 14 heavy (non-hydrogen) atoms. The van der Waals surface area contributed by atoms with E-state index in [1.54, 1.807) is 22.9 Å². The summed E-state index contributed by atoms with van der Waals surface area (Å²) >= 11 is 4.82. The van der Waals surface area contributed by atoms with Crippen LogP contribution in [-0.2, 0) is 4.79 Å². The van der Waals surface area contributed by atoms with E-state index < -0.39 is 12.0 Å². The van der Waals surface area contributed by atoms with Gasteiger partial charge in [0, 0.05) is 6.20 Å². The van der Waals surface area contributed by atoms with Crippen LogP contribution < -0.4 is 5.73 Å². The molecule has 1 rings (SSSR count). The summed E-state index contributed by atoms with van der Waals surface area (Å²) in [6.07, 6.45) is 2.18. The molecule has 0 aromatic carbocycles. The third-order valence-corrected chi connectivity index (χ3v) is 2.25. The molecule has 1 aromatic heterocycles. The topological polar surface area (TPSA) is 68.2 Å². The van der Waals surface area contributed by atoms with Crippen LogP contribution in [0, 0.1) is 0 Å². The van der Waals surface area contributed by atoms with Crippen LogP contribution in [-0.4, -0.2) is 20.6 Å². The summed E-state index contributed by atoms with van der Waals surface area (Å²) in [6.45, 7) is 1.81. The van der Waals surface area contributed by atoms with Crippen LogP contribution in [0.1, 0.15) is 25.1 Å². The average Bonchev–Trinajstić information content (AvgIpc) is 2.53. The van der Waals surface area contributed by atoms with Crippen molar-refractivity contribution in [3.63, 3.8) is 0 Å². The highest BCUT2D eigenvalue weighted by atomic mass is 32.1. The number of hydrogen-bond donors (Lipinski definition) is 2. The molecule has 0 amide bonds. The maximum atomic E-state index is 10.9. The van der Waals surface area contributed by atoms with Crippen molar-refractivity contribution in [2.75, 3.05) is 0 Å². The number of nitrogens with two attached hydrogens (primary N) is 1. The lowest BCUT2D eigenvalue weighted by atomic mass is 10.2. The predicted octanol–water partition coefficient (Wildman–Crippen LogP) is 1.16. The summed E-state index contributed by atoms with van der Waals surface area (Å²) in [6, 6.07) is 2.86. The zero-order valence-corrected chi connectivity index (χ0v) is 8.62. The first-order valence-electron chi connectivity index (χ1n) is 4.27. The summed E-state index contributed by atoms with van der Waals surface area (Å²) < 4.78 is 1.59. The molecule has 0 spiro atoms. The number of rotatable bonds is 4. The molecule has 1 heterocycles. The van der Waals surface area contributed by atoms with Gasteiger partial charge in [0.2, 0.25) is 0 Å². The Hall–Kier alpha value is -1.36. The number of thiocarbonyl (C=S) groups is 1. The second-order valence-corrected chi connectivity index (χ2v) is 3.37. The number of hydrogen-bond acceptors (Lipinski definition) is 2. The van der Waals surface area contributed by atoms with Crippen molar-refractivity contribution in [1.82, 2.24) is 4.57 Å². The lowest BCUT2D eigenvalue weighted by Gasteiger charge is -2.15. The molecule has 1 aromatic rings. The molecule has 1 unspecified atom stereocenters. The van der Waals surface area contributed by atoms with Gasteiger partial charge in [-0.25, -0.2) is 4.79 Å². The fourth-order valence-corrected chi connectivity index (χ4v) is 1.54. The van der Waals surface area contributed by atoms with Gasteiger partial charge >= 0.3 is 5.97 Å². The Labute approximate surface area is 87.3 Å². The molecule has 0 fully saturated rings. The third kappa shape index (κ3) is 1.93. The van der Waals surface area contributed by atoms with Crippen LogP contribution in [0.2, 0.25) is 0 Å². The number of nitrogens with zero attached hydrogens (tertiary/aromatic N) is 1. The van der Waals surface area contributed by atoms with E-state index in [0.29, 0.717) is 12.1 Å². The molecule has 0 saturated carbocycles. The highest BCUT2D eigenvalue weighted by Gasteiger charge is 2.19. The molecule has 0 aliphatic heterocycles. The van der Waals surface area contributed by atoms with E-state index in [2.05, 4.69) is 0 Å². The minimum Gasteiger partial charge on any atom is -0.480 e. The Morgan fingerprint density at radius 2 is 2.43 bits per heavy atom. The van der Waals surface area contributed by atoms with E-state index in [1.165, 1.54) is 0 Å². The van der Waals surface area contributed by atoms with Gasteiger partial charge in [-0.2, -0.15) is 0 Å². The van der Waals surface area contributed by atoms with Crippen molar-refractivity contribution >= 4 is 23.2 Å². The van der Waals surface area contributed by atoms with Crippen LogP contribution in [0.3, 0.4) is 0 Å². The van der Waals surface area contributed by atoms with E-state index in [-0.39, 0.29) is 4.99 Å². The number of aromatic nitrogens is 1. The summed E-state index contributed by atoms with van der Waals surface area (Å²) in [4.78, 5) is 11.1. The third-order valence-electron chi connectivity index (χ3n) is 2.04. The Morgan fingerprint density at radius 3 is 2.86 bits per heavy atom. The Morgan fingerprint density at radius 1 is 1.79 bits per heavy atom. The van der Waals surface area contributed by atoms with E-state index in [1.807, 2.05) is 6.92 Å². The number of carboxylic acids is 1. The Kier molecular flexibility index (Phi) is 3.24. The zero-order valence-electron chi connectivity index (χ0n) is 7.80. The monoisotopic (exact) mass is 212 g/mol. The van der Waals surface area contributed by atoms with Crippen LogP contribution in [0.5, 0.6) is 0 Å². The molecule has 0 aliphatic rings. The molecule has 76 valence electrons. The second-order valence-electron chi connectivity index (χ2n) is 2.93. The first-order valence-corrected chi connectivity index (χ1v) is 4.68. The maximum absolute atomic E-state index is 10.9. The number of aliphatic carboxylic acids is 1. The second kappa shape index (κ2) is 4.23. The normalized spacial score (nSPS) is 12.4. The van der Waals surface area contributed by atoms with Crippen LogP contribution >= 0.6 is 12.2 Å². The molecular formula is C9H12N2O2S. The van der Waals surface area contributed by atoms with Gasteiger partial charge < -0.3 is 15.4 Å². The van der Waals surface area contributed by atoms with E-state index in [9.17, 15) is 4.79 Å². The fourth-order valence-electron chi connectivity index (χ4n) is 1.36. The fraction of sp³-hybridized carbons (Fsp3) is 0.333. The Balaban J connectivity index is 3.10. The molecule has 5 heteroatoms. The number of carboxylic acid groups (broad SMARTS) is 1. The molecule has 1 atom stereocenters. The zero-order chi connectivity index (χ0) is 10.7. The average molecular weight is 212 g/mol. The lowest BCUT2D eigenvalue weighted by molar-refractivity contribution is -0.141. The first kappa shape index (κ1) is 10.7. The molecule has 0 saturated heterocycles. The number of carbonyl (C=O) groups is 1. The van der Waals surface area contributed by atoms with Gasteiger partial charge in [0.05, 0.1) is 5.69 Å². The summed E-state index contributed by atoms with van der Waals surface area (Å²) in [5, 5.41) is 8.95.